The van der Waals surface area contributed by atoms with E-state index in [2.05, 4.69) is 4.90 Å². The average Bonchev–Trinajstić information content (AvgIpc) is 2.73. The second kappa shape index (κ2) is 8.12. The number of anilines is 3. The summed E-state index contributed by atoms with van der Waals surface area (Å²) in [7, 11) is -2.92. The molecule has 0 aromatic heterocycles. The Morgan fingerprint density at radius 1 is 0.897 bits per heavy atom. The smallest absolute Gasteiger partial charge is 0.228 e. The summed E-state index contributed by atoms with van der Waals surface area (Å²) in [5.41, 5.74) is 2.65. The number of carbonyl (C=O) groups excluding carboxylic acids is 1. The maximum Gasteiger partial charge on any atom is 0.228 e. The van der Waals surface area contributed by atoms with Gasteiger partial charge < -0.3 is 14.7 Å². The quantitative estimate of drug-likeness (QED) is 0.765. The molecular weight excluding hydrogens is 393 g/mol. The molecule has 2 aromatic rings. The number of fused-ring (bicyclic) bond motifs is 1. The zero-order valence-corrected chi connectivity index (χ0v) is 16.9. The predicted octanol–water partition coefficient (Wildman–Crippen LogP) is 2.43. The Hall–Kier alpha value is -2.45. The van der Waals surface area contributed by atoms with Crippen LogP contribution in [0.1, 0.15) is 6.42 Å². The van der Waals surface area contributed by atoms with E-state index in [1.54, 1.807) is 17.0 Å². The number of hydrogen-bond acceptors (Lipinski definition) is 5. The Bertz CT molecular complexity index is 980. The summed E-state index contributed by atoms with van der Waals surface area (Å²) in [4.78, 5) is 18.9. The average molecular weight is 418 g/mol. The summed E-state index contributed by atoms with van der Waals surface area (Å²) in [6.45, 7) is 2.71. The summed E-state index contributed by atoms with van der Waals surface area (Å²) in [6, 6.07) is 14.1. The lowest BCUT2D eigenvalue weighted by Crippen LogP contribution is -2.45. The number of rotatable bonds is 4. The minimum absolute atomic E-state index is 0.0321. The van der Waals surface area contributed by atoms with Gasteiger partial charge in [-0.25, -0.2) is 12.8 Å². The highest BCUT2D eigenvalue weighted by molar-refractivity contribution is 7.91. The van der Waals surface area contributed by atoms with E-state index in [1.807, 2.05) is 29.2 Å². The van der Waals surface area contributed by atoms with E-state index in [4.69, 9.17) is 0 Å². The molecule has 1 saturated heterocycles. The SMILES string of the molecule is O=C(CCN1CCS(=O)(=O)CC1)N1CCN(c2ccc(F)cc2)c2ccccc21. The highest BCUT2D eigenvalue weighted by Gasteiger charge is 2.28. The van der Waals surface area contributed by atoms with Gasteiger partial charge in [0.15, 0.2) is 9.84 Å². The standard InChI is InChI=1S/C21H24FN3O3S/c22-17-5-7-18(8-6-17)24-11-12-25(20-4-2-1-3-19(20)24)21(26)9-10-23-13-15-29(27,28)16-14-23/h1-8H,9-16H2. The van der Waals surface area contributed by atoms with E-state index in [1.165, 1.54) is 12.1 Å². The molecule has 0 radical (unpaired) electrons. The van der Waals surface area contributed by atoms with Gasteiger partial charge in [-0.3, -0.25) is 4.79 Å². The van der Waals surface area contributed by atoms with E-state index >= 15 is 0 Å². The zero-order chi connectivity index (χ0) is 20.4. The maximum atomic E-state index is 13.3. The normalized spacial score (nSPS) is 19.1. The lowest BCUT2D eigenvalue weighted by Gasteiger charge is -2.38. The van der Waals surface area contributed by atoms with Crippen LogP contribution >= 0.6 is 0 Å². The summed E-state index contributed by atoms with van der Waals surface area (Å²) in [5.74, 6) is 0.0896. The van der Waals surface area contributed by atoms with Crippen LogP contribution in [-0.2, 0) is 14.6 Å². The fourth-order valence-electron chi connectivity index (χ4n) is 3.87. The van der Waals surface area contributed by atoms with Crippen LogP contribution in [0.25, 0.3) is 0 Å². The van der Waals surface area contributed by atoms with Gasteiger partial charge in [0, 0.05) is 44.8 Å². The Morgan fingerprint density at radius 3 is 2.24 bits per heavy atom. The number of amides is 1. The highest BCUT2D eigenvalue weighted by atomic mass is 32.2. The minimum atomic E-state index is -2.92. The van der Waals surface area contributed by atoms with Gasteiger partial charge in [-0.1, -0.05) is 12.1 Å². The second-order valence-electron chi connectivity index (χ2n) is 7.41. The molecule has 0 spiro atoms. The monoisotopic (exact) mass is 417 g/mol. The van der Waals surface area contributed by atoms with Crippen LogP contribution in [-0.4, -0.2) is 63.5 Å². The Kier molecular flexibility index (Phi) is 5.56. The fraction of sp³-hybridized carbons (Fsp3) is 0.381. The summed E-state index contributed by atoms with van der Waals surface area (Å²) < 4.78 is 36.4. The van der Waals surface area contributed by atoms with Gasteiger partial charge in [0.25, 0.3) is 0 Å². The van der Waals surface area contributed by atoms with Gasteiger partial charge in [-0.2, -0.15) is 0 Å². The Morgan fingerprint density at radius 2 is 1.55 bits per heavy atom. The molecule has 6 nitrogen and oxygen atoms in total. The summed E-state index contributed by atoms with van der Waals surface area (Å²) in [6.07, 6.45) is 0.352. The fourth-order valence-corrected chi connectivity index (χ4v) is 5.15. The first-order valence-electron chi connectivity index (χ1n) is 9.78. The number of benzene rings is 2. The van der Waals surface area contributed by atoms with Crippen molar-refractivity contribution in [2.24, 2.45) is 0 Å². The van der Waals surface area contributed by atoms with Crippen molar-refractivity contribution in [2.45, 2.75) is 6.42 Å². The minimum Gasteiger partial charge on any atom is -0.338 e. The summed E-state index contributed by atoms with van der Waals surface area (Å²) in [5, 5.41) is 0. The van der Waals surface area contributed by atoms with Crippen molar-refractivity contribution in [1.82, 2.24) is 4.90 Å². The van der Waals surface area contributed by atoms with Crippen LogP contribution in [0.4, 0.5) is 21.5 Å². The molecule has 0 saturated carbocycles. The van der Waals surface area contributed by atoms with Crippen molar-refractivity contribution in [3.05, 3.63) is 54.3 Å². The molecule has 0 unspecified atom stereocenters. The third-order valence-electron chi connectivity index (χ3n) is 5.53. The van der Waals surface area contributed by atoms with Crippen LogP contribution in [0.2, 0.25) is 0 Å². The molecule has 2 aliphatic heterocycles. The molecule has 1 fully saturated rings. The number of hydrogen-bond donors (Lipinski definition) is 0. The van der Waals surface area contributed by atoms with Gasteiger partial charge in [-0.15, -0.1) is 0 Å². The number of carbonyl (C=O) groups is 1. The van der Waals surface area contributed by atoms with E-state index < -0.39 is 9.84 Å². The molecule has 0 atom stereocenters. The van der Waals surface area contributed by atoms with Gasteiger partial charge in [-0.05, 0) is 36.4 Å². The highest BCUT2D eigenvalue weighted by Crippen LogP contribution is 2.37. The van der Waals surface area contributed by atoms with Crippen LogP contribution < -0.4 is 9.80 Å². The van der Waals surface area contributed by atoms with Gasteiger partial charge >= 0.3 is 0 Å². The molecule has 2 heterocycles. The van der Waals surface area contributed by atoms with Gasteiger partial charge in [0.1, 0.15) is 5.82 Å². The number of para-hydroxylation sites is 2. The molecule has 154 valence electrons. The molecule has 2 aromatic carbocycles. The number of halogens is 1. The zero-order valence-electron chi connectivity index (χ0n) is 16.1. The molecule has 0 N–H and O–H groups in total. The molecule has 0 aliphatic carbocycles. The van der Waals surface area contributed by atoms with Crippen molar-refractivity contribution in [2.75, 3.05) is 54.0 Å². The third kappa shape index (κ3) is 4.43. The van der Waals surface area contributed by atoms with Crippen molar-refractivity contribution >= 4 is 32.8 Å². The number of nitrogens with zero attached hydrogens (tertiary/aromatic N) is 3. The lowest BCUT2D eigenvalue weighted by atomic mass is 10.1. The van der Waals surface area contributed by atoms with Crippen LogP contribution in [0.15, 0.2) is 48.5 Å². The molecular formula is C21H24FN3O3S. The van der Waals surface area contributed by atoms with Gasteiger partial charge in [0.05, 0.1) is 22.9 Å². The first-order valence-corrected chi connectivity index (χ1v) is 11.6. The molecule has 29 heavy (non-hydrogen) atoms. The molecule has 0 bridgehead atoms. The molecule has 4 rings (SSSR count). The lowest BCUT2D eigenvalue weighted by molar-refractivity contribution is -0.118. The largest absolute Gasteiger partial charge is 0.338 e. The molecule has 1 amide bonds. The summed E-state index contributed by atoms with van der Waals surface area (Å²) >= 11 is 0. The van der Waals surface area contributed by atoms with Crippen molar-refractivity contribution < 1.29 is 17.6 Å². The maximum absolute atomic E-state index is 13.3. The first kappa shape index (κ1) is 19.8. The van der Waals surface area contributed by atoms with E-state index in [0.717, 1.165) is 17.1 Å². The topological polar surface area (TPSA) is 60.9 Å². The van der Waals surface area contributed by atoms with Crippen molar-refractivity contribution in [1.29, 1.82) is 0 Å². The van der Waals surface area contributed by atoms with Crippen LogP contribution in [0.5, 0.6) is 0 Å². The van der Waals surface area contributed by atoms with E-state index in [-0.39, 0.29) is 23.2 Å². The first-order chi connectivity index (χ1) is 13.9. The number of sulfone groups is 1. The third-order valence-corrected chi connectivity index (χ3v) is 7.14. The Balaban J connectivity index is 1.46. The van der Waals surface area contributed by atoms with Crippen LogP contribution in [0.3, 0.4) is 0 Å². The van der Waals surface area contributed by atoms with E-state index in [9.17, 15) is 17.6 Å². The molecule has 2 aliphatic rings. The predicted molar refractivity (Wildman–Crippen MR) is 112 cm³/mol. The second-order valence-corrected chi connectivity index (χ2v) is 9.71. The van der Waals surface area contributed by atoms with Crippen molar-refractivity contribution in [3.8, 4) is 0 Å². The van der Waals surface area contributed by atoms with E-state index in [0.29, 0.717) is 39.1 Å². The molecule has 8 heteroatoms. The van der Waals surface area contributed by atoms with Crippen LogP contribution in [0, 0.1) is 5.82 Å². The Labute approximate surface area is 170 Å². The van der Waals surface area contributed by atoms with Gasteiger partial charge in [0.2, 0.25) is 5.91 Å². The van der Waals surface area contributed by atoms with Crippen molar-refractivity contribution in [3.63, 3.8) is 0 Å².